The van der Waals surface area contributed by atoms with Gasteiger partial charge in [0.25, 0.3) is 0 Å². The summed E-state index contributed by atoms with van der Waals surface area (Å²) in [6.07, 6.45) is -0.956. The van der Waals surface area contributed by atoms with E-state index in [2.05, 4.69) is 11.4 Å². The number of nitrogens with zero attached hydrogens (tertiary/aromatic N) is 2. The van der Waals surface area contributed by atoms with Crippen molar-refractivity contribution in [2.45, 2.75) is 52.7 Å². The van der Waals surface area contributed by atoms with E-state index in [0.29, 0.717) is 13.1 Å². The van der Waals surface area contributed by atoms with Crippen LogP contribution in [0.1, 0.15) is 41.5 Å². The van der Waals surface area contributed by atoms with Gasteiger partial charge in [0, 0.05) is 25.6 Å². The maximum absolute atomic E-state index is 12.1. The van der Waals surface area contributed by atoms with Crippen LogP contribution in [0.15, 0.2) is 0 Å². The minimum Gasteiger partial charge on any atom is -0.444 e. The van der Waals surface area contributed by atoms with E-state index in [1.807, 2.05) is 0 Å². The fourth-order valence-electron chi connectivity index (χ4n) is 2.23. The summed E-state index contributed by atoms with van der Waals surface area (Å²) >= 11 is 0. The van der Waals surface area contributed by atoms with Gasteiger partial charge in [-0.2, -0.15) is 5.26 Å². The Hall–Kier alpha value is -1.97. The molecule has 2 atom stereocenters. The van der Waals surface area contributed by atoms with Gasteiger partial charge in [0.15, 0.2) is 0 Å². The summed E-state index contributed by atoms with van der Waals surface area (Å²) in [5.41, 5.74) is -1.15. The molecule has 7 nitrogen and oxygen atoms in total. The molecule has 0 aromatic rings. The molecule has 130 valence electrons. The van der Waals surface area contributed by atoms with Crippen molar-refractivity contribution in [3.8, 4) is 6.07 Å². The number of nitriles is 1. The molecule has 1 aliphatic heterocycles. The highest BCUT2D eigenvalue weighted by Gasteiger charge is 2.37. The Labute approximate surface area is 137 Å². The van der Waals surface area contributed by atoms with Crippen molar-refractivity contribution in [1.82, 2.24) is 10.2 Å². The van der Waals surface area contributed by atoms with Crippen LogP contribution >= 0.6 is 0 Å². The fourth-order valence-corrected chi connectivity index (χ4v) is 2.23. The van der Waals surface area contributed by atoms with Gasteiger partial charge in [-0.1, -0.05) is 0 Å². The fraction of sp³-hybridized carbons (Fsp3) is 0.812. The zero-order valence-corrected chi connectivity index (χ0v) is 14.8. The number of ether oxygens (including phenoxy) is 2. The number of alkyl carbamates (subject to hydrolysis) is 1. The maximum Gasteiger partial charge on any atom is 0.410 e. The van der Waals surface area contributed by atoms with Crippen LogP contribution in [0, 0.1) is 23.2 Å². The van der Waals surface area contributed by atoms with Crippen LogP contribution in [0.3, 0.4) is 0 Å². The summed E-state index contributed by atoms with van der Waals surface area (Å²) in [6.45, 7) is 11.7. The quantitative estimate of drug-likeness (QED) is 0.842. The zero-order valence-electron chi connectivity index (χ0n) is 14.8. The van der Waals surface area contributed by atoms with Crippen molar-refractivity contribution < 1.29 is 19.1 Å². The van der Waals surface area contributed by atoms with Crippen molar-refractivity contribution >= 4 is 12.2 Å². The van der Waals surface area contributed by atoms with Crippen LogP contribution in [-0.2, 0) is 9.47 Å². The number of nitrogens with one attached hydrogen (secondary N) is 1. The molecule has 0 saturated carbocycles. The number of amides is 2. The van der Waals surface area contributed by atoms with Crippen molar-refractivity contribution in [3.63, 3.8) is 0 Å². The summed E-state index contributed by atoms with van der Waals surface area (Å²) in [5, 5.41) is 11.9. The minimum atomic E-state index is -0.577. The Balaban J connectivity index is 2.55. The summed E-state index contributed by atoms with van der Waals surface area (Å²) < 4.78 is 10.5. The molecule has 1 saturated heterocycles. The predicted molar refractivity (Wildman–Crippen MR) is 84.6 cm³/mol. The first-order valence-electron chi connectivity index (χ1n) is 7.75. The predicted octanol–water partition coefficient (Wildman–Crippen LogP) is 2.52. The van der Waals surface area contributed by atoms with Gasteiger partial charge in [-0.3, -0.25) is 0 Å². The van der Waals surface area contributed by atoms with E-state index in [-0.39, 0.29) is 18.4 Å². The molecule has 7 heteroatoms. The summed E-state index contributed by atoms with van der Waals surface area (Å²) in [6, 6.07) is 2.19. The van der Waals surface area contributed by atoms with Gasteiger partial charge in [-0.05, 0) is 41.5 Å². The molecule has 1 aliphatic rings. The third kappa shape index (κ3) is 6.76. The Morgan fingerprint density at radius 1 is 1.13 bits per heavy atom. The van der Waals surface area contributed by atoms with E-state index in [1.165, 1.54) is 4.90 Å². The molecule has 1 rings (SSSR count). The molecule has 0 spiro atoms. The van der Waals surface area contributed by atoms with Crippen molar-refractivity contribution in [2.24, 2.45) is 11.8 Å². The molecular formula is C16H27N3O4. The lowest BCUT2D eigenvalue weighted by molar-refractivity contribution is 0.0286. The molecule has 0 radical (unpaired) electrons. The molecule has 0 aromatic carbocycles. The van der Waals surface area contributed by atoms with Gasteiger partial charge < -0.3 is 19.7 Å². The highest BCUT2D eigenvalue weighted by molar-refractivity contribution is 5.69. The van der Waals surface area contributed by atoms with E-state index in [4.69, 9.17) is 9.47 Å². The SMILES string of the molecule is CC(C)(C)OC(=O)NCC1CN(C(=O)OC(C)(C)C)CC1C#N. The standard InChI is InChI=1S/C16H27N3O4/c1-15(2,3)22-13(20)18-8-12-10-19(9-11(12)7-17)14(21)23-16(4,5)6/h11-12H,8-10H2,1-6H3,(H,18,20). The summed E-state index contributed by atoms with van der Waals surface area (Å²) in [5.74, 6) is -0.475. The molecule has 1 fully saturated rings. The first-order valence-corrected chi connectivity index (χ1v) is 7.75. The zero-order chi connectivity index (χ0) is 17.8. The first kappa shape index (κ1) is 19.1. The number of rotatable bonds is 2. The third-order valence-electron chi connectivity index (χ3n) is 3.17. The van der Waals surface area contributed by atoms with Gasteiger partial charge in [0.2, 0.25) is 0 Å². The van der Waals surface area contributed by atoms with Crippen molar-refractivity contribution in [3.05, 3.63) is 0 Å². The van der Waals surface area contributed by atoms with E-state index >= 15 is 0 Å². The van der Waals surface area contributed by atoms with Crippen molar-refractivity contribution in [1.29, 1.82) is 5.26 Å². The van der Waals surface area contributed by atoms with Gasteiger partial charge in [0.05, 0.1) is 12.0 Å². The molecule has 1 N–H and O–H groups in total. The normalized spacial score (nSPS) is 21.5. The van der Waals surface area contributed by atoms with Gasteiger partial charge >= 0.3 is 12.2 Å². The molecular weight excluding hydrogens is 298 g/mol. The lowest BCUT2D eigenvalue weighted by Crippen LogP contribution is -2.38. The number of carbonyl (C=O) groups excluding carboxylic acids is 2. The van der Waals surface area contributed by atoms with E-state index in [1.54, 1.807) is 41.5 Å². The lowest BCUT2D eigenvalue weighted by atomic mass is 9.98. The van der Waals surface area contributed by atoms with Crippen LogP contribution < -0.4 is 5.32 Å². The Bertz CT molecular complexity index is 485. The monoisotopic (exact) mass is 325 g/mol. The smallest absolute Gasteiger partial charge is 0.410 e. The highest BCUT2D eigenvalue weighted by atomic mass is 16.6. The summed E-state index contributed by atoms with van der Waals surface area (Å²) in [4.78, 5) is 25.3. The molecule has 0 aliphatic carbocycles. The number of hydrogen-bond acceptors (Lipinski definition) is 5. The molecule has 2 unspecified atom stereocenters. The Kier molecular flexibility index (Phi) is 5.86. The second kappa shape index (κ2) is 7.07. The van der Waals surface area contributed by atoms with E-state index in [0.717, 1.165) is 0 Å². The van der Waals surface area contributed by atoms with Crippen LogP contribution in [0.4, 0.5) is 9.59 Å². The largest absolute Gasteiger partial charge is 0.444 e. The second-order valence-electron chi connectivity index (χ2n) is 7.76. The van der Waals surface area contributed by atoms with Crippen LogP contribution in [0.2, 0.25) is 0 Å². The lowest BCUT2D eigenvalue weighted by Gasteiger charge is -2.24. The number of hydrogen-bond donors (Lipinski definition) is 1. The van der Waals surface area contributed by atoms with Gasteiger partial charge in [0.1, 0.15) is 11.2 Å². The molecule has 0 aromatic heterocycles. The first-order chi connectivity index (χ1) is 10.4. The molecule has 2 amide bonds. The average molecular weight is 325 g/mol. The second-order valence-corrected chi connectivity index (χ2v) is 7.76. The van der Waals surface area contributed by atoms with E-state index < -0.39 is 23.4 Å². The van der Waals surface area contributed by atoms with Crippen LogP contribution in [-0.4, -0.2) is 47.9 Å². The third-order valence-corrected chi connectivity index (χ3v) is 3.17. The Morgan fingerprint density at radius 2 is 1.70 bits per heavy atom. The Morgan fingerprint density at radius 3 is 2.17 bits per heavy atom. The molecule has 0 bridgehead atoms. The van der Waals surface area contributed by atoms with E-state index in [9.17, 15) is 14.9 Å². The topological polar surface area (TPSA) is 91.7 Å². The number of carbonyl (C=O) groups is 2. The molecule has 23 heavy (non-hydrogen) atoms. The maximum atomic E-state index is 12.1. The van der Waals surface area contributed by atoms with Gasteiger partial charge in [-0.15, -0.1) is 0 Å². The highest BCUT2D eigenvalue weighted by Crippen LogP contribution is 2.24. The van der Waals surface area contributed by atoms with Gasteiger partial charge in [-0.25, -0.2) is 9.59 Å². The van der Waals surface area contributed by atoms with Crippen LogP contribution in [0.5, 0.6) is 0 Å². The summed E-state index contributed by atoms with van der Waals surface area (Å²) in [7, 11) is 0. The van der Waals surface area contributed by atoms with Crippen LogP contribution in [0.25, 0.3) is 0 Å². The molecule has 1 heterocycles. The minimum absolute atomic E-state index is 0.139. The van der Waals surface area contributed by atoms with Crippen molar-refractivity contribution in [2.75, 3.05) is 19.6 Å². The number of likely N-dealkylation sites (tertiary alicyclic amines) is 1. The average Bonchev–Trinajstić information content (AvgIpc) is 2.75.